The zero-order valence-corrected chi connectivity index (χ0v) is 11.2. The number of thiocarbonyl (C=S) groups is 1. The summed E-state index contributed by atoms with van der Waals surface area (Å²) in [4.78, 5) is 3.02. The smallest absolute Gasteiger partial charge is 0.864 e. The number of H-pyrrole nitrogens is 1. The molecular weight excluding hydrogens is 217 g/mol. The number of aromatic nitrogens is 1. The van der Waals surface area contributed by atoms with E-state index < -0.39 is 0 Å². The molecule has 0 fully saturated rings. The van der Waals surface area contributed by atoms with E-state index in [1.807, 2.05) is 30.3 Å². The molecule has 0 spiro atoms. The summed E-state index contributed by atoms with van der Waals surface area (Å²) < 4.78 is 0. The maximum atomic E-state index is 10.9. The van der Waals surface area contributed by atoms with Crippen molar-refractivity contribution < 1.29 is 34.7 Å². The van der Waals surface area contributed by atoms with Crippen molar-refractivity contribution in [1.82, 2.24) is 4.98 Å². The van der Waals surface area contributed by atoms with Crippen molar-refractivity contribution in [1.29, 1.82) is 0 Å². The van der Waals surface area contributed by atoms with Gasteiger partial charge in [0.05, 0.1) is 0 Å². The molecule has 0 aliphatic rings. The quantitative estimate of drug-likeness (QED) is 0.511. The molecule has 0 bridgehead atoms. The third-order valence-electron chi connectivity index (χ3n) is 2.00. The minimum atomic E-state index is -0.330. The van der Waals surface area contributed by atoms with Crippen LogP contribution in [0, 0.1) is 0 Å². The van der Waals surface area contributed by atoms with Crippen molar-refractivity contribution in [3.8, 4) is 11.3 Å². The number of rotatable bonds is 2. The zero-order valence-electron chi connectivity index (χ0n) is 8.36. The molecule has 4 heteroatoms. The van der Waals surface area contributed by atoms with Crippen LogP contribution in [-0.4, -0.2) is 10.0 Å². The molecule has 0 aliphatic carbocycles. The molecule has 0 radical (unpaired) electrons. The standard InChI is InChI=1S/C11H9NOS.Na/c13-11(14)9-6-10(12-7-9)8-4-2-1-3-5-8;/h1-7,12H,(H,13,14);/q;+1/p-1. The van der Waals surface area contributed by atoms with E-state index in [-0.39, 0.29) is 34.6 Å². The fourth-order valence-corrected chi connectivity index (χ4v) is 1.41. The number of nitrogens with one attached hydrogen (secondary N) is 1. The summed E-state index contributed by atoms with van der Waals surface area (Å²) in [6, 6.07) is 11.6. The first kappa shape index (κ1) is 12.5. The number of hydrogen-bond donors (Lipinski definition) is 1. The van der Waals surface area contributed by atoms with Gasteiger partial charge in [0, 0.05) is 11.9 Å². The topological polar surface area (TPSA) is 38.8 Å². The molecule has 0 saturated heterocycles. The number of hydrogen-bond acceptors (Lipinski definition) is 2. The molecule has 0 amide bonds. The van der Waals surface area contributed by atoms with Crippen molar-refractivity contribution in [3.05, 3.63) is 48.2 Å². The van der Waals surface area contributed by atoms with E-state index in [2.05, 4.69) is 17.2 Å². The normalized spacial score (nSPS) is 9.33. The Morgan fingerprint density at radius 3 is 2.40 bits per heavy atom. The minimum Gasteiger partial charge on any atom is -0.864 e. The first-order valence-corrected chi connectivity index (χ1v) is 4.63. The summed E-state index contributed by atoms with van der Waals surface area (Å²) in [5.74, 6) is 0. The Bertz CT molecular complexity index is 453. The van der Waals surface area contributed by atoms with E-state index in [0.717, 1.165) is 11.3 Å². The number of benzene rings is 1. The van der Waals surface area contributed by atoms with Crippen LogP contribution < -0.4 is 34.7 Å². The largest absolute Gasteiger partial charge is 1.00 e. The van der Waals surface area contributed by atoms with Gasteiger partial charge in [-0.2, -0.15) is 0 Å². The Kier molecular flexibility index (Phi) is 4.54. The van der Waals surface area contributed by atoms with Crippen molar-refractivity contribution in [2.45, 2.75) is 0 Å². The fourth-order valence-electron chi connectivity index (χ4n) is 1.30. The third-order valence-corrected chi connectivity index (χ3v) is 2.24. The van der Waals surface area contributed by atoms with Gasteiger partial charge in [-0.3, -0.25) is 0 Å². The fraction of sp³-hybridized carbons (Fsp3) is 0. The summed E-state index contributed by atoms with van der Waals surface area (Å²) in [6.45, 7) is 0. The summed E-state index contributed by atoms with van der Waals surface area (Å²) in [6.07, 6.45) is 1.64. The average molecular weight is 225 g/mol. The monoisotopic (exact) mass is 225 g/mol. The first-order valence-electron chi connectivity index (χ1n) is 4.22. The van der Waals surface area contributed by atoms with Gasteiger partial charge < -0.3 is 10.1 Å². The maximum absolute atomic E-state index is 10.9. The summed E-state index contributed by atoms with van der Waals surface area (Å²) in [5.41, 5.74) is 2.51. The van der Waals surface area contributed by atoms with Crippen LogP contribution in [-0.2, 0) is 0 Å². The second-order valence-corrected chi connectivity index (χ2v) is 3.33. The van der Waals surface area contributed by atoms with Gasteiger partial charge in [-0.25, -0.2) is 0 Å². The van der Waals surface area contributed by atoms with Gasteiger partial charge in [0.25, 0.3) is 0 Å². The van der Waals surface area contributed by atoms with Crippen LogP contribution in [0.2, 0.25) is 0 Å². The van der Waals surface area contributed by atoms with E-state index in [1.54, 1.807) is 12.3 Å². The predicted octanol–water partition coefficient (Wildman–Crippen LogP) is -1.28. The van der Waals surface area contributed by atoms with Crippen molar-refractivity contribution >= 4 is 17.3 Å². The van der Waals surface area contributed by atoms with Gasteiger partial charge in [-0.05, 0) is 22.2 Å². The summed E-state index contributed by atoms with van der Waals surface area (Å²) in [7, 11) is 0. The van der Waals surface area contributed by atoms with Crippen molar-refractivity contribution in [3.63, 3.8) is 0 Å². The molecule has 2 nitrogen and oxygen atoms in total. The van der Waals surface area contributed by atoms with Crippen LogP contribution in [0.25, 0.3) is 11.3 Å². The molecule has 0 atom stereocenters. The summed E-state index contributed by atoms with van der Waals surface area (Å²) >= 11 is 4.55. The van der Waals surface area contributed by atoms with Crippen LogP contribution >= 0.6 is 12.2 Å². The van der Waals surface area contributed by atoms with Gasteiger partial charge in [0.1, 0.15) is 0 Å². The molecule has 15 heavy (non-hydrogen) atoms. The Hall–Kier alpha value is -0.610. The van der Waals surface area contributed by atoms with Gasteiger partial charge in [0.15, 0.2) is 0 Å². The Labute approximate surface area is 116 Å². The first-order chi connectivity index (χ1) is 6.77. The predicted molar refractivity (Wildman–Crippen MR) is 57.9 cm³/mol. The molecule has 1 aromatic carbocycles. The third kappa shape index (κ3) is 2.92. The molecule has 0 aliphatic heterocycles. The van der Waals surface area contributed by atoms with E-state index in [9.17, 15) is 5.11 Å². The molecule has 70 valence electrons. The second kappa shape index (κ2) is 5.47. The molecule has 0 saturated carbocycles. The van der Waals surface area contributed by atoms with Crippen LogP contribution in [0.3, 0.4) is 0 Å². The second-order valence-electron chi connectivity index (χ2n) is 2.96. The number of aromatic amines is 1. The Morgan fingerprint density at radius 1 is 1.20 bits per heavy atom. The van der Waals surface area contributed by atoms with Gasteiger partial charge >= 0.3 is 29.6 Å². The van der Waals surface area contributed by atoms with Crippen LogP contribution in [0.5, 0.6) is 0 Å². The van der Waals surface area contributed by atoms with Gasteiger partial charge in [0.2, 0.25) is 0 Å². The van der Waals surface area contributed by atoms with Gasteiger partial charge in [-0.1, -0.05) is 42.5 Å². The zero-order chi connectivity index (χ0) is 9.97. The van der Waals surface area contributed by atoms with Crippen molar-refractivity contribution in [2.24, 2.45) is 0 Å². The minimum absolute atomic E-state index is 0. The Morgan fingerprint density at radius 2 is 1.87 bits per heavy atom. The molecule has 1 heterocycles. The molecule has 1 aromatic heterocycles. The van der Waals surface area contributed by atoms with Crippen LogP contribution in [0.1, 0.15) is 5.56 Å². The van der Waals surface area contributed by atoms with Crippen LogP contribution in [0.4, 0.5) is 0 Å². The van der Waals surface area contributed by atoms with Crippen LogP contribution in [0.15, 0.2) is 42.6 Å². The van der Waals surface area contributed by atoms with E-state index in [4.69, 9.17) is 0 Å². The molecule has 2 aromatic rings. The molecule has 1 N–H and O–H groups in total. The van der Waals surface area contributed by atoms with Crippen molar-refractivity contribution in [2.75, 3.05) is 0 Å². The molecular formula is C11H8NNaOS. The SMILES string of the molecule is [Na+].[O-]C(=S)c1c[nH]c(-c2ccccc2)c1. The van der Waals surface area contributed by atoms with Gasteiger partial charge in [-0.15, -0.1) is 0 Å². The van der Waals surface area contributed by atoms with E-state index in [1.165, 1.54) is 0 Å². The maximum Gasteiger partial charge on any atom is 1.00 e. The molecule has 2 rings (SSSR count). The Balaban J connectivity index is 0.00000112. The molecule has 0 unspecified atom stereocenters. The van der Waals surface area contributed by atoms with E-state index in [0.29, 0.717) is 5.56 Å². The average Bonchev–Trinajstić information content (AvgIpc) is 2.68. The van der Waals surface area contributed by atoms with E-state index >= 15 is 0 Å². The summed E-state index contributed by atoms with van der Waals surface area (Å²) in [5, 5.41) is 10.6.